The van der Waals surface area contributed by atoms with Gasteiger partial charge in [0.2, 0.25) is 0 Å². The van der Waals surface area contributed by atoms with E-state index >= 15 is 0 Å². The standard InChI is InChI=1S/C20H23ClFNO3/c1-24-20-10-14(11-23-12-15-4-3-9-25-15)7-8-19(20)26-13-16-17(21)5-2-6-18(16)22/h2,5-8,10,15,23H,3-4,9,11-13H2,1H3/p+1/t15-/m1/s1. The Hall–Kier alpha value is -1.82. The highest BCUT2D eigenvalue weighted by Crippen LogP contribution is 2.30. The fourth-order valence-corrected chi connectivity index (χ4v) is 3.26. The molecule has 6 heteroatoms. The van der Waals surface area contributed by atoms with Crippen molar-refractivity contribution in [2.75, 3.05) is 20.3 Å². The maximum atomic E-state index is 13.9. The zero-order valence-electron chi connectivity index (χ0n) is 14.8. The van der Waals surface area contributed by atoms with Crippen LogP contribution in [0.15, 0.2) is 36.4 Å². The molecule has 1 aliphatic rings. The third-order valence-electron chi connectivity index (χ3n) is 4.50. The lowest BCUT2D eigenvalue weighted by atomic mass is 10.2. The van der Waals surface area contributed by atoms with E-state index in [0.717, 1.165) is 38.1 Å². The molecule has 26 heavy (non-hydrogen) atoms. The molecule has 0 spiro atoms. The van der Waals surface area contributed by atoms with Crippen molar-refractivity contribution >= 4 is 11.6 Å². The maximum absolute atomic E-state index is 13.9. The van der Waals surface area contributed by atoms with E-state index in [1.165, 1.54) is 6.07 Å². The Bertz CT molecular complexity index is 715. The Balaban J connectivity index is 1.59. The van der Waals surface area contributed by atoms with Crippen molar-refractivity contribution < 1.29 is 23.9 Å². The Morgan fingerprint density at radius 2 is 2.15 bits per heavy atom. The Morgan fingerprint density at radius 3 is 2.88 bits per heavy atom. The number of benzene rings is 2. The summed E-state index contributed by atoms with van der Waals surface area (Å²) in [6.07, 6.45) is 2.67. The molecule has 0 saturated carbocycles. The monoisotopic (exact) mass is 380 g/mol. The van der Waals surface area contributed by atoms with E-state index < -0.39 is 0 Å². The predicted molar refractivity (Wildman–Crippen MR) is 98.2 cm³/mol. The number of nitrogens with two attached hydrogens (primary N) is 1. The van der Waals surface area contributed by atoms with Crippen molar-refractivity contribution in [1.82, 2.24) is 0 Å². The summed E-state index contributed by atoms with van der Waals surface area (Å²) in [7, 11) is 1.60. The van der Waals surface area contributed by atoms with Crippen LogP contribution < -0.4 is 14.8 Å². The van der Waals surface area contributed by atoms with Crippen LogP contribution in [0.2, 0.25) is 5.02 Å². The molecule has 0 amide bonds. The summed E-state index contributed by atoms with van der Waals surface area (Å²) in [6, 6.07) is 10.4. The first-order valence-electron chi connectivity index (χ1n) is 8.83. The van der Waals surface area contributed by atoms with Crippen LogP contribution in [-0.2, 0) is 17.9 Å². The summed E-state index contributed by atoms with van der Waals surface area (Å²) >= 11 is 6.04. The molecule has 1 saturated heterocycles. The van der Waals surface area contributed by atoms with E-state index in [9.17, 15) is 4.39 Å². The number of hydrogen-bond acceptors (Lipinski definition) is 3. The van der Waals surface area contributed by atoms with E-state index in [-0.39, 0.29) is 12.4 Å². The highest BCUT2D eigenvalue weighted by Gasteiger charge is 2.17. The first-order valence-corrected chi connectivity index (χ1v) is 9.21. The normalized spacial score (nSPS) is 16.7. The molecule has 2 aromatic rings. The largest absolute Gasteiger partial charge is 0.493 e. The number of quaternary nitrogens is 1. The first-order chi connectivity index (χ1) is 12.7. The number of hydrogen-bond donors (Lipinski definition) is 1. The molecule has 2 N–H and O–H groups in total. The summed E-state index contributed by atoms with van der Waals surface area (Å²) in [5.41, 5.74) is 1.47. The molecule has 0 aliphatic carbocycles. The summed E-state index contributed by atoms with van der Waals surface area (Å²) in [5, 5.41) is 2.59. The van der Waals surface area contributed by atoms with Crippen LogP contribution in [0.4, 0.5) is 4.39 Å². The molecular weight excluding hydrogens is 357 g/mol. The van der Waals surface area contributed by atoms with Gasteiger partial charge in [0.15, 0.2) is 11.5 Å². The molecule has 0 radical (unpaired) electrons. The van der Waals surface area contributed by atoms with Crippen LogP contribution >= 0.6 is 11.6 Å². The molecule has 4 nitrogen and oxygen atoms in total. The Kier molecular flexibility index (Phi) is 6.72. The highest BCUT2D eigenvalue weighted by atomic mass is 35.5. The zero-order valence-corrected chi connectivity index (χ0v) is 15.6. The third kappa shape index (κ3) is 4.87. The van der Waals surface area contributed by atoms with Crippen molar-refractivity contribution in [2.45, 2.75) is 32.1 Å². The molecule has 1 fully saturated rings. The second kappa shape index (κ2) is 9.21. The summed E-state index contributed by atoms with van der Waals surface area (Å²) < 4.78 is 30.6. The van der Waals surface area contributed by atoms with E-state index in [1.807, 2.05) is 18.2 Å². The van der Waals surface area contributed by atoms with E-state index in [1.54, 1.807) is 19.2 Å². The van der Waals surface area contributed by atoms with E-state index in [2.05, 4.69) is 5.32 Å². The van der Waals surface area contributed by atoms with Gasteiger partial charge in [-0.25, -0.2) is 4.39 Å². The van der Waals surface area contributed by atoms with Crippen molar-refractivity contribution in [3.8, 4) is 11.5 Å². The number of rotatable bonds is 8. The summed E-state index contributed by atoms with van der Waals surface area (Å²) in [5.74, 6) is 0.812. The van der Waals surface area contributed by atoms with Crippen LogP contribution in [0.1, 0.15) is 24.0 Å². The maximum Gasteiger partial charge on any atom is 0.161 e. The van der Waals surface area contributed by atoms with E-state index in [0.29, 0.717) is 28.2 Å². The predicted octanol–water partition coefficient (Wildman–Crippen LogP) is 3.31. The molecular formula is C20H24ClFNO3+. The van der Waals surface area contributed by atoms with Gasteiger partial charge in [-0.15, -0.1) is 0 Å². The lowest BCUT2D eigenvalue weighted by Gasteiger charge is -2.13. The van der Waals surface area contributed by atoms with E-state index in [4.69, 9.17) is 25.8 Å². The number of halogens is 2. The summed E-state index contributed by atoms with van der Waals surface area (Å²) in [4.78, 5) is 0. The third-order valence-corrected chi connectivity index (χ3v) is 4.85. The number of ether oxygens (including phenoxy) is 3. The summed E-state index contributed by atoms with van der Waals surface area (Å²) in [6.45, 7) is 2.73. The molecule has 0 aromatic heterocycles. The van der Waals surface area contributed by atoms with Crippen LogP contribution in [0, 0.1) is 5.82 Å². The van der Waals surface area contributed by atoms with Gasteiger partial charge < -0.3 is 19.5 Å². The molecule has 3 rings (SSSR count). The smallest absolute Gasteiger partial charge is 0.161 e. The van der Waals surface area contributed by atoms with Gasteiger partial charge in [0, 0.05) is 17.7 Å². The van der Waals surface area contributed by atoms with Crippen LogP contribution in [-0.4, -0.2) is 26.4 Å². The quantitative estimate of drug-likeness (QED) is 0.764. The van der Waals surface area contributed by atoms with Gasteiger partial charge in [-0.05, 0) is 43.2 Å². The van der Waals surface area contributed by atoms with Gasteiger partial charge in [-0.2, -0.15) is 0 Å². The lowest BCUT2D eigenvalue weighted by molar-refractivity contribution is -0.676. The van der Waals surface area contributed by atoms with Gasteiger partial charge in [-0.3, -0.25) is 0 Å². The van der Waals surface area contributed by atoms with Gasteiger partial charge in [0.1, 0.15) is 31.6 Å². The average molecular weight is 381 g/mol. The first kappa shape index (κ1) is 19.0. The zero-order chi connectivity index (χ0) is 18.4. The molecule has 0 unspecified atom stereocenters. The topological polar surface area (TPSA) is 44.3 Å². The van der Waals surface area contributed by atoms with Crippen LogP contribution in [0.3, 0.4) is 0 Å². The minimum absolute atomic E-state index is 0.0480. The van der Waals surface area contributed by atoms with Crippen molar-refractivity contribution in [1.29, 1.82) is 0 Å². The fourth-order valence-electron chi connectivity index (χ4n) is 3.04. The minimum Gasteiger partial charge on any atom is -0.493 e. The second-order valence-electron chi connectivity index (χ2n) is 6.34. The molecule has 1 aliphatic heterocycles. The second-order valence-corrected chi connectivity index (χ2v) is 6.74. The fraction of sp³-hybridized carbons (Fsp3) is 0.400. The number of methoxy groups -OCH3 is 1. The van der Waals surface area contributed by atoms with Crippen molar-refractivity contribution in [3.05, 3.63) is 58.4 Å². The molecule has 0 bridgehead atoms. The van der Waals surface area contributed by atoms with Gasteiger partial charge in [0.25, 0.3) is 0 Å². The average Bonchev–Trinajstić information content (AvgIpc) is 3.15. The highest BCUT2D eigenvalue weighted by molar-refractivity contribution is 6.31. The van der Waals surface area contributed by atoms with Crippen LogP contribution in [0.5, 0.6) is 11.5 Å². The van der Waals surface area contributed by atoms with Crippen molar-refractivity contribution in [2.24, 2.45) is 0 Å². The van der Waals surface area contributed by atoms with Gasteiger partial charge in [0.05, 0.1) is 12.1 Å². The van der Waals surface area contributed by atoms with Crippen molar-refractivity contribution in [3.63, 3.8) is 0 Å². The van der Waals surface area contributed by atoms with Gasteiger partial charge in [-0.1, -0.05) is 17.7 Å². The Morgan fingerprint density at radius 1 is 1.27 bits per heavy atom. The lowest BCUT2D eigenvalue weighted by Crippen LogP contribution is -2.84. The molecule has 1 heterocycles. The minimum atomic E-state index is -0.378. The molecule has 2 aromatic carbocycles. The Labute approximate surface area is 158 Å². The molecule has 140 valence electrons. The van der Waals surface area contributed by atoms with Gasteiger partial charge >= 0.3 is 0 Å². The van der Waals surface area contributed by atoms with Crippen LogP contribution in [0.25, 0.3) is 0 Å². The SMILES string of the molecule is COc1cc(C[NH2+]C[C@H]2CCCO2)ccc1OCc1c(F)cccc1Cl. The molecule has 1 atom stereocenters.